The molecule has 148 valence electrons. The average molecular weight is 407 g/mol. The molecule has 1 aliphatic heterocycles. The number of benzene rings is 2. The Labute approximate surface area is 165 Å². The Kier molecular flexibility index (Phi) is 6.18. The maximum Gasteiger partial charge on any atom is 0.329 e. The predicted octanol–water partition coefficient (Wildman–Crippen LogP) is 3.88. The SMILES string of the molecule is COc1ccc(C(=O)N[C@H]2C[C@H](CC(F)(F)Sc3ccccc3)OC2=O)cc1. The number of rotatable bonds is 7. The molecule has 0 unspecified atom stereocenters. The second kappa shape index (κ2) is 8.60. The van der Waals surface area contributed by atoms with Crippen LogP contribution < -0.4 is 10.1 Å². The van der Waals surface area contributed by atoms with Crippen molar-refractivity contribution in [3.8, 4) is 5.75 Å². The van der Waals surface area contributed by atoms with E-state index in [1.165, 1.54) is 7.11 Å². The summed E-state index contributed by atoms with van der Waals surface area (Å²) in [6.07, 6.45) is -1.57. The number of methoxy groups -OCH3 is 1. The molecule has 5 nitrogen and oxygen atoms in total. The number of thioether (sulfide) groups is 1. The fourth-order valence-electron chi connectivity index (χ4n) is 2.85. The number of halogens is 2. The van der Waals surface area contributed by atoms with Crippen LogP contribution in [0, 0.1) is 0 Å². The fraction of sp³-hybridized carbons (Fsp3) is 0.300. The lowest BCUT2D eigenvalue weighted by Crippen LogP contribution is -2.38. The highest BCUT2D eigenvalue weighted by molar-refractivity contribution is 8.00. The Bertz CT molecular complexity index is 830. The zero-order valence-electron chi connectivity index (χ0n) is 15.1. The lowest BCUT2D eigenvalue weighted by molar-refractivity contribution is -0.144. The molecule has 1 aliphatic rings. The van der Waals surface area contributed by atoms with Crippen LogP contribution in [-0.2, 0) is 9.53 Å². The third-order valence-electron chi connectivity index (χ3n) is 4.20. The third-order valence-corrected chi connectivity index (χ3v) is 5.17. The van der Waals surface area contributed by atoms with Crippen LogP contribution in [0.2, 0.25) is 0 Å². The van der Waals surface area contributed by atoms with Crippen molar-refractivity contribution < 1.29 is 27.8 Å². The standard InChI is InChI=1S/C20H19F2NO4S/c1-26-14-9-7-13(8-10-14)18(24)23-17-11-15(27-19(17)25)12-20(21,22)28-16-5-3-2-4-6-16/h2-10,15,17H,11-12H2,1H3,(H,23,24)/t15-,17+/m1/s1. The van der Waals surface area contributed by atoms with Crippen LogP contribution in [0.3, 0.4) is 0 Å². The lowest BCUT2D eigenvalue weighted by atomic mass is 10.1. The number of alkyl halides is 2. The number of nitrogens with one attached hydrogen (secondary N) is 1. The van der Waals surface area contributed by atoms with Gasteiger partial charge >= 0.3 is 11.2 Å². The van der Waals surface area contributed by atoms with Crippen LogP contribution in [0.4, 0.5) is 8.78 Å². The number of hydrogen-bond donors (Lipinski definition) is 1. The Hall–Kier alpha value is -2.61. The molecule has 2 aromatic rings. The van der Waals surface area contributed by atoms with Crippen molar-refractivity contribution in [2.24, 2.45) is 0 Å². The van der Waals surface area contributed by atoms with Crippen molar-refractivity contribution in [1.82, 2.24) is 5.32 Å². The number of cyclic esters (lactones) is 1. The number of carbonyl (C=O) groups is 2. The summed E-state index contributed by atoms with van der Waals surface area (Å²) in [5.41, 5.74) is 0.335. The molecular weight excluding hydrogens is 388 g/mol. The average Bonchev–Trinajstić information content (AvgIpc) is 3.00. The Morgan fingerprint density at radius 3 is 2.54 bits per heavy atom. The molecule has 1 N–H and O–H groups in total. The van der Waals surface area contributed by atoms with Crippen LogP contribution in [0.25, 0.3) is 0 Å². The number of carbonyl (C=O) groups excluding carboxylic acids is 2. The van der Waals surface area contributed by atoms with E-state index in [2.05, 4.69) is 5.32 Å². The van der Waals surface area contributed by atoms with E-state index in [1.807, 2.05) is 0 Å². The van der Waals surface area contributed by atoms with Gasteiger partial charge in [0.05, 0.1) is 13.5 Å². The molecule has 0 saturated carbocycles. The molecule has 2 aromatic carbocycles. The van der Waals surface area contributed by atoms with Gasteiger partial charge in [0.25, 0.3) is 5.91 Å². The zero-order chi connectivity index (χ0) is 20.1. The summed E-state index contributed by atoms with van der Waals surface area (Å²) >= 11 is 0.426. The van der Waals surface area contributed by atoms with Gasteiger partial charge in [0.2, 0.25) is 0 Å². The van der Waals surface area contributed by atoms with Gasteiger partial charge in [-0.05, 0) is 36.4 Å². The van der Waals surface area contributed by atoms with Crippen molar-refractivity contribution >= 4 is 23.6 Å². The molecule has 0 spiro atoms. The van der Waals surface area contributed by atoms with Gasteiger partial charge in [-0.1, -0.05) is 30.0 Å². The lowest BCUT2D eigenvalue weighted by Gasteiger charge is -2.18. The molecule has 0 bridgehead atoms. The predicted molar refractivity (Wildman–Crippen MR) is 101 cm³/mol. The van der Waals surface area contributed by atoms with Gasteiger partial charge in [0.1, 0.15) is 17.9 Å². The molecule has 1 heterocycles. The van der Waals surface area contributed by atoms with Gasteiger partial charge in [-0.25, -0.2) is 4.79 Å². The van der Waals surface area contributed by atoms with E-state index < -0.39 is 35.7 Å². The molecule has 1 amide bonds. The van der Waals surface area contributed by atoms with Crippen molar-refractivity contribution in [2.75, 3.05) is 7.11 Å². The Balaban J connectivity index is 1.56. The number of hydrogen-bond acceptors (Lipinski definition) is 5. The fourth-order valence-corrected chi connectivity index (χ4v) is 3.76. The van der Waals surface area contributed by atoms with Crippen LogP contribution in [0.15, 0.2) is 59.5 Å². The summed E-state index contributed by atoms with van der Waals surface area (Å²) < 4.78 is 38.7. The molecule has 1 fully saturated rings. The minimum absolute atomic E-state index is 0.00562. The smallest absolute Gasteiger partial charge is 0.329 e. The molecule has 0 radical (unpaired) electrons. The van der Waals surface area contributed by atoms with Crippen LogP contribution in [0.5, 0.6) is 5.75 Å². The van der Waals surface area contributed by atoms with Crippen molar-refractivity contribution in [2.45, 2.75) is 35.1 Å². The van der Waals surface area contributed by atoms with E-state index in [-0.39, 0.29) is 6.42 Å². The minimum atomic E-state index is -3.10. The van der Waals surface area contributed by atoms with Crippen LogP contribution in [0.1, 0.15) is 23.2 Å². The van der Waals surface area contributed by atoms with Crippen molar-refractivity contribution in [1.29, 1.82) is 0 Å². The maximum absolute atomic E-state index is 14.3. The second-order valence-corrected chi connectivity index (χ2v) is 7.58. The largest absolute Gasteiger partial charge is 0.497 e. The first-order valence-corrected chi connectivity index (χ1v) is 9.45. The highest BCUT2D eigenvalue weighted by Gasteiger charge is 2.42. The second-order valence-electron chi connectivity index (χ2n) is 6.31. The number of amides is 1. The first-order valence-electron chi connectivity index (χ1n) is 8.63. The molecular formula is C20H19F2NO4S. The summed E-state index contributed by atoms with van der Waals surface area (Å²) in [5, 5.41) is -0.554. The number of esters is 1. The first-order chi connectivity index (χ1) is 13.4. The van der Waals surface area contributed by atoms with Crippen LogP contribution in [-0.4, -0.2) is 36.4 Å². The summed E-state index contributed by atoms with van der Waals surface area (Å²) in [6.45, 7) is 0. The van der Waals surface area contributed by atoms with E-state index in [4.69, 9.17) is 9.47 Å². The van der Waals surface area contributed by atoms with E-state index in [0.29, 0.717) is 28.0 Å². The highest BCUT2D eigenvalue weighted by atomic mass is 32.2. The van der Waals surface area contributed by atoms with Gasteiger partial charge in [0.15, 0.2) is 0 Å². The van der Waals surface area contributed by atoms with Gasteiger partial charge < -0.3 is 14.8 Å². The molecule has 8 heteroatoms. The molecule has 0 aromatic heterocycles. The molecule has 2 atom stereocenters. The highest BCUT2D eigenvalue weighted by Crippen LogP contribution is 2.41. The Morgan fingerprint density at radius 2 is 1.89 bits per heavy atom. The third kappa shape index (κ3) is 5.22. The van der Waals surface area contributed by atoms with Gasteiger partial charge in [-0.15, -0.1) is 0 Å². The monoisotopic (exact) mass is 407 g/mol. The molecule has 3 rings (SSSR count). The first kappa shape index (κ1) is 20.1. The molecule has 28 heavy (non-hydrogen) atoms. The topological polar surface area (TPSA) is 64.6 Å². The zero-order valence-corrected chi connectivity index (χ0v) is 15.9. The van der Waals surface area contributed by atoms with Crippen molar-refractivity contribution in [3.05, 3.63) is 60.2 Å². The quantitative estimate of drug-likeness (QED) is 0.557. The van der Waals surface area contributed by atoms with Crippen molar-refractivity contribution in [3.63, 3.8) is 0 Å². The Morgan fingerprint density at radius 1 is 1.21 bits per heavy atom. The normalized spacial score (nSPS) is 19.2. The minimum Gasteiger partial charge on any atom is -0.497 e. The molecule has 0 aliphatic carbocycles. The van der Waals surface area contributed by atoms with Crippen LogP contribution >= 0.6 is 11.8 Å². The van der Waals surface area contributed by atoms with E-state index in [0.717, 1.165) is 0 Å². The summed E-state index contributed by atoms with van der Waals surface area (Å²) in [4.78, 5) is 24.7. The van der Waals surface area contributed by atoms with Gasteiger partial charge in [0, 0.05) is 16.9 Å². The maximum atomic E-state index is 14.3. The van der Waals surface area contributed by atoms with E-state index >= 15 is 0 Å². The van der Waals surface area contributed by atoms with E-state index in [1.54, 1.807) is 54.6 Å². The van der Waals surface area contributed by atoms with E-state index in [9.17, 15) is 18.4 Å². The van der Waals surface area contributed by atoms with Gasteiger partial charge in [-0.3, -0.25) is 4.79 Å². The van der Waals surface area contributed by atoms with Gasteiger partial charge in [-0.2, -0.15) is 8.78 Å². The summed E-state index contributed by atoms with van der Waals surface area (Å²) in [7, 11) is 1.51. The molecule has 1 saturated heterocycles. The number of ether oxygens (including phenoxy) is 2. The summed E-state index contributed by atoms with van der Waals surface area (Å²) in [6, 6.07) is 13.7. The summed E-state index contributed by atoms with van der Waals surface area (Å²) in [5.74, 6) is -0.585.